The van der Waals surface area contributed by atoms with E-state index >= 15 is 0 Å². The molecule has 0 N–H and O–H groups in total. The molecule has 3 heteroatoms. The van der Waals surface area contributed by atoms with Crippen LogP contribution in [-0.4, -0.2) is 16.6 Å². The molecule has 0 spiro atoms. The lowest BCUT2D eigenvalue weighted by Gasteiger charge is -2.13. The number of benzene rings is 1. The summed E-state index contributed by atoms with van der Waals surface area (Å²) in [6, 6.07) is 10.0. The number of hydrogen-bond donors (Lipinski definition) is 0. The van der Waals surface area contributed by atoms with Crippen molar-refractivity contribution in [2.45, 2.75) is 19.1 Å². The zero-order chi connectivity index (χ0) is 11.1. The van der Waals surface area contributed by atoms with E-state index in [1.165, 1.54) is 11.8 Å². The molecule has 0 aliphatic heterocycles. The van der Waals surface area contributed by atoms with Crippen molar-refractivity contribution in [1.82, 2.24) is 0 Å². The summed E-state index contributed by atoms with van der Waals surface area (Å²) < 4.78 is 0. The maximum absolute atomic E-state index is 11.9. The van der Waals surface area contributed by atoms with Crippen LogP contribution in [0.4, 0.5) is 0 Å². The van der Waals surface area contributed by atoms with Crippen molar-refractivity contribution < 1.29 is 4.79 Å². The predicted molar refractivity (Wildman–Crippen MR) is 70.5 cm³/mol. The first kappa shape index (κ1) is 12.7. The molecule has 0 radical (unpaired) electrons. The van der Waals surface area contributed by atoms with Crippen molar-refractivity contribution in [2.75, 3.05) is 11.5 Å². The molecule has 0 aliphatic carbocycles. The fourth-order valence-corrected chi connectivity index (χ4v) is 3.11. The molecule has 0 saturated heterocycles. The summed E-state index contributed by atoms with van der Waals surface area (Å²) in [6.45, 7) is 4.10. The number of carbonyl (C=O) groups is 1. The third kappa shape index (κ3) is 3.92. The Morgan fingerprint density at radius 1 is 1.20 bits per heavy atom. The molecule has 0 aliphatic rings. The largest absolute Gasteiger partial charge is 0.286 e. The van der Waals surface area contributed by atoms with E-state index in [1.807, 2.05) is 37.3 Å². The third-order valence-corrected chi connectivity index (χ3v) is 4.05. The van der Waals surface area contributed by atoms with Crippen LogP contribution in [0.5, 0.6) is 0 Å². The Balaban J connectivity index is 2.78. The summed E-state index contributed by atoms with van der Waals surface area (Å²) in [5.74, 6) is 1.82. The van der Waals surface area contributed by atoms with Crippen molar-refractivity contribution in [3.63, 3.8) is 0 Å². The first-order valence-corrected chi connectivity index (χ1v) is 7.16. The minimum Gasteiger partial charge on any atom is -0.286 e. The third-order valence-electron chi connectivity index (χ3n) is 1.94. The van der Waals surface area contributed by atoms with E-state index < -0.39 is 0 Å². The number of hydrogen-bond acceptors (Lipinski definition) is 3. The van der Waals surface area contributed by atoms with Crippen molar-refractivity contribution in [3.05, 3.63) is 35.9 Å². The molecular formula is C12H16OS2. The van der Waals surface area contributed by atoms with E-state index in [9.17, 15) is 4.79 Å². The van der Waals surface area contributed by atoms with Gasteiger partial charge in [-0.2, -0.15) is 0 Å². The lowest BCUT2D eigenvalue weighted by molar-refractivity contribution is -0.110. The number of rotatable bonds is 5. The van der Waals surface area contributed by atoms with E-state index in [4.69, 9.17) is 0 Å². The van der Waals surface area contributed by atoms with Gasteiger partial charge in [0.05, 0.1) is 5.25 Å². The minimum absolute atomic E-state index is 0.00106. The second kappa shape index (κ2) is 6.96. The monoisotopic (exact) mass is 240 g/mol. The maximum atomic E-state index is 11.9. The van der Waals surface area contributed by atoms with Gasteiger partial charge in [-0.3, -0.25) is 4.79 Å². The van der Waals surface area contributed by atoms with Gasteiger partial charge in [0.25, 0.3) is 0 Å². The predicted octanol–water partition coefficient (Wildman–Crippen LogP) is 3.76. The molecule has 0 heterocycles. The second-order valence-corrected chi connectivity index (χ2v) is 5.65. The van der Waals surface area contributed by atoms with Gasteiger partial charge in [0.1, 0.15) is 0 Å². The summed E-state index contributed by atoms with van der Waals surface area (Å²) >= 11 is 3.12. The Labute approximate surface area is 100 Å². The molecule has 1 atom stereocenters. The molecule has 1 aromatic carbocycles. The van der Waals surface area contributed by atoms with E-state index in [2.05, 4.69) is 6.92 Å². The van der Waals surface area contributed by atoms with E-state index in [0.717, 1.165) is 17.1 Å². The average Bonchev–Trinajstić information content (AvgIpc) is 2.27. The molecular weight excluding hydrogens is 224 g/mol. The van der Waals surface area contributed by atoms with Gasteiger partial charge in [0, 0.05) is 0 Å². The Morgan fingerprint density at radius 3 is 2.40 bits per heavy atom. The van der Waals surface area contributed by atoms with Crippen molar-refractivity contribution in [1.29, 1.82) is 0 Å². The first-order valence-electron chi connectivity index (χ1n) is 5.12. The number of carbonyl (C=O) groups excluding carboxylic acids is 1. The smallest absolute Gasteiger partial charge is 0.206 e. The molecule has 1 aromatic rings. The maximum Gasteiger partial charge on any atom is 0.206 e. The fourth-order valence-electron chi connectivity index (χ4n) is 1.31. The minimum atomic E-state index is 0.00106. The standard InChI is InChI=1S/C12H16OS2/c1-3-14-11(12(13)15-4-2)10-8-6-5-7-9-10/h5-9,11H,3-4H2,1-2H3/t11-/m0/s1. The van der Waals surface area contributed by atoms with Crippen molar-refractivity contribution >= 4 is 28.6 Å². The van der Waals surface area contributed by atoms with Gasteiger partial charge in [-0.1, -0.05) is 55.9 Å². The Hall–Kier alpha value is -0.410. The summed E-state index contributed by atoms with van der Waals surface area (Å²) in [7, 11) is 0. The van der Waals surface area contributed by atoms with Crippen LogP contribution in [-0.2, 0) is 4.79 Å². The highest BCUT2D eigenvalue weighted by Crippen LogP contribution is 2.33. The summed E-state index contributed by atoms with van der Waals surface area (Å²) in [5, 5.41) is 0.275. The summed E-state index contributed by atoms with van der Waals surface area (Å²) in [6.07, 6.45) is 0. The highest BCUT2D eigenvalue weighted by Gasteiger charge is 2.19. The highest BCUT2D eigenvalue weighted by molar-refractivity contribution is 8.15. The molecule has 82 valence electrons. The topological polar surface area (TPSA) is 17.1 Å². The van der Waals surface area contributed by atoms with Crippen LogP contribution in [0.25, 0.3) is 0 Å². The van der Waals surface area contributed by atoms with Crippen LogP contribution >= 0.6 is 23.5 Å². The van der Waals surface area contributed by atoms with E-state index in [-0.39, 0.29) is 10.4 Å². The molecule has 1 nitrogen and oxygen atoms in total. The van der Waals surface area contributed by atoms with Gasteiger partial charge >= 0.3 is 0 Å². The molecule has 0 saturated carbocycles. The number of thioether (sulfide) groups is 2. The van der Waals surface area contributed by atoms with Crippen LogP contribution in [0.1, 0.15) is 24.7 Å². The highest BCUT2D eigenvalue weighted by atomic mass is 32.2. The van der Waals surface area contributed by atoms with E-state index in [0.29, 0.717) is 0 Å². The zero-order valence-electron chi connectivity index (χ0n) is 9.10. The van der Waals surface area contributed by atoms with Crippen LogP contribution in [0.15, 0.2) is 30.3 Å². The summed E-state index contributed by atoms with van der Waals surface area (Å²) in [4.78, 5) is 11.9. The lowest BCUT2D eigenvalue weighted by atomic mass is 10.2. The SMILES string of the molecule is CCSC(=O)[C@@H](SCC)c1ccccc1. The van der Waals surface area contributed by atoms with Crippen molar-refractivity contribution in [3.8, 4) is 0 Å². The van der Waals surface area contributed by atoms with Crippen molar-refractivity contribution in [2.24, 2.45) is 0 Å². The molecule has 0 aromatic heterocycles. The quantitative estimate of drug-likeness (QED) is 0.780. The molecule has 15 heavy (non-hydrogen) atoms. The zero-order valence-corrected chi connectivity index (χ0v) is 10.7. The van der Waals surface area contributed by atoms with Crippen LogP contribution in [0, 0.1) is 0 Å². The van der Waals surface area contributed by atoms with Gasteiger partial charge in [-0.25, -0.2) is 0 Å². The van der Waals surface area contributed by atoms with Crippen LogP contribution < -0.4 is 0 Å². The molecule has 0 unspecified atom stereocenters. The van der Waals surface area contributed by atoms with Gasteiger partial charge in [-0.05, 0) is 17.1 Å². The van der Waals surface area contributed by atoms with Gasteiger partial charge in [-0.15, -0.1) is 11.8 Å². The normalized spacial score (nSPS) is 12.4. The van der Waals surface area contributed by atoms with E-state index in [1.54, 1.807) is 11.8 Å². The molecule has 0 amide bonds. The first-order chi connectivity index (χ1) is 7.29. The molecule has 1 rings (SSSR count). The van der Waals surface area contributed by atoms with Crippen LogP contribution in [0.3, 0.4) is 0 Å². The Kier molecular flexibility index (Phi) is 5.88. The fraction of sp³-hybridized carbons (Fsp3) is 0.417. The van der Waals surface area contributed by atoms with Crippen LogP contribution in [0.2, 0.25) is 0 Å². The molecule has 0 fully saturated rings. The van der Waals surface area contributed by atoms with Gasteiger partial charge in [0.2, 0.25) is 5.12 Å². The molecule has 0 bridgehead atoms. The van der Waals surface area contributed by atoms with Gasteiger partial charge < -0.3 is 0 Å². The Morgan fingerprint density at radius 2 is 1.87 bits per heavy atom. The average molecular weight is 240 g/mol. The Bertz CT molecular complexity index is 298. The second-order valence-electron chi connectivity index (χ2n) is 3.00. The summed E-state index contributed by atoms with van der Waals surface area (Å²) in [5.41, 5.74) is 1.12. The van der Waals surface area contributed by atoms with Gasteiger partial charge in [0.15, 0.2) is 0 Å². The lowest BCUT2D eigenvalue weighted by Crippen LogP contribution is -2.06.